The van der Waals surface area contributed by atoms with Gasteiger partial charge in [-0.2, -0.15) is 0 Å². The number of fused-ring (bicyclic) bond motifs is 3. The zero-order valence-electron chi connectivity index (χ0n) is 17.6. The summed E-state index contributed by atoms with van der Waals surface area (Å²) in [6, 6.07) is 11.5. The Balaban J connectivity index is 1.60. The molecule has 2 aromatic carbocycles. The predicted octanol–water partition coefficient (Wildman–Crippen LogP) is 4.98. The topological polar surface area (TPSA) is 30.9 Å². The van der Waals surface area contributed by atoms with Gasteiger partial charge in [0.15, 0.2) is 11.5 Å². The Kier molecular flexibility index (Phi) is 4.75. The fourth-order valence-corrected chi connectivity index (χ4v) is 5.60. The molecule has 0 spiro atoms. The summed E-state index contributed by atoms with van der Waals surface area (Å²) in [5.41, 5.74) is 8.65. The number of allylic oxidation sites excluding steroid dienone is 1. The molecule has 0 radical (unpaired) electrons. The summed E-state index contributed by atoms with van der Waals surface area (Å²) < 4.78 is 17.2. The van der Waals surface area contributed by atoms with E-state index in [2.05, 4.69) is 35.2 Å². The van der Waals surface area contributed by atoms with Gasteiger partial charge in [-0.1, -0.05) is 24.3 Å². The number of methoxy groups -OCH3 is 3. The Morgan fingerprint density at radius 3 is 2.21 bits per heavy atom. The minimum absolute atomic E-state index is 0.494. The van der Waals surface area contributed by atoms with E-state index in [1.54, 1.807) is 26.9 Å². The largest absolute Gasteiger partial charge is 0.493 e. The summed E-state index contributed by atoms with van der Waals surface area (Å²) in [5, 5.41) is 0. The van der Waals surface area contributed by atoms with E-state index in [4.69, 9.17) is 14.2 Å². The van der Waals surface area contributed by atoms with Gasteiger partial charge in [0.25, 0.3) is 0 Å². The van der Waals surface area contributed by atoms with Gasteiger partial charge in [0.1, 0.15) is 0 Å². The van der Waals surface area contributed by atoms with Crippen LogP contribution in [0.5, 0.6) is 17.2 Å². The quantitative estimate of drug-likeness (QED) is 0.735. The average molecular weight is 392 g/mol. The minimum Gasteiger partial charge on any atom is -0.493 e. The van der Waals surface area contributed by atoms with Crippen molar-refractivity contribution in [2.75, 3.05) is 21.3 Å². The van der Waals surface area contributed by atoms with Crippen LogP contribution in [0.15, 0.2) is 35.9 Å². The molecule has 1 atom stereocenters. The van der Waals surface area contributed by atoms with Gasteiger partial charge in [0, 0.05) is 24.7 Å². The number of hydrogen-bond acceptors (Lipinski definition) is 4. The zero-order chi connectivity index (χ0) is 20.0. The maximum atomic E-state index is 5.90. The molecule has 0 saturated carbocycles. The van der Waals surface area contributed by atoms with Gasteiger partial charge in [0.2, 0.25) is 5.75 Å². The third-order valence-electron chi connectivity index (χ3n) is 6.87. The van der Waals surface area contributed by atoms with Gasteiger partial charge < -0.3 is 14.2 Å². The molecule has 1 heterocycles. The molecule has 0 bridgehead atoms. The number of benzene rings is 2. The molecular formula is C25H29NO3. The molecule has 0 aromatic heterocycles. The third-order valence-corrected chi connectivity index (χ3v) is 6.87. The van der Waals surface area contributed by atoms with Crippen LogP contribution in [0.1, 0.15) is 47.9 Å². The number of nitrogens with zero attached hydrogens (tertiary/aromatic N) is 1. The lowest BCUT2D eigenvalue weighted by atomic mass is 9.95. The molecule has 29 heavy (non-hydrogen) atoms. The monoisotopic (exact) mass is 391 g/mol. The Hall–Kier alpha value is -2.46. The molecule has 2 aliphatic carbocycles. The number of rotatable bonds is 4. The van der Waals surface area contributed by atoms with Gasteiger partial charge in [0.05, 0.1) is 21.3 Å². The van der Waals surface area contributed by atoms with E-state index in [0.29, 0.717) is 11.8 Å². The van der Waals surface area contributed by atoms with Crippen LogP contribution in [0.25, 0.3) is 5.57 Å². The normalized spacial score (nSPS) is 20.7. The van der Waals surface area contributed by atoms with Gasteiger partial charge >= 0.3 is 0 Å². The Morgan fingerprint density at radius 2 is 1.55 bits per heavy atom. The van der Waals surface area contributed by atoms with Crippen molar-refractivity contribution in [3.05, 3.63) is 58.2 Å². The van der Waals surface area contributed by atoms with Crippen molar-refractivity contribution >= 4 is 5.57 Å². The molecule has 0 saturated heterocycles. The van der Waals surface area contributed by atoms with Crippen LogP contribution >= 0.6 is 0 Å². The maximum absolute atomic E-state index is 5.90. The van der Waals surface area contributed by atoms with E-state index in [-0.39, 0.29) is 0 Å². The van der Waals surface area contributed by atoms with Crippen LogP contribution in [-0.2, 0) is 19.5 Å². The molecule has 0 N–H and O–H groups in total. The number of aryl methyl sites for hydroxylation is 1. The standard InChI is InChI=1S/C25H29NO3/c1-27-22-13-16-11-12-21(26-14-17-7-4-5-8-18(17)15-26)19-9-6-10-20(19)23(16)25(29-3)24(22)28-2/h4-5,7-8,13,21H,6,9-12,14-15H2,1-3H3. The summed E-state index contributed by atoms with van der Waals surface area (Å²) in [5.74, 6) is 2.30. The second kappa shape index (κ2) is 7.42. The highest BCUT2D eigenvalue weighted by Gasteiger charge is 2.36. The van der Waals surface area contributed by atoms with E-state index >= 15 is 0 Å². The van der Waals surface area contributed by atoms with Crippen LogP contribution in [0.4, 0.5) is 0 Å². The first-order valence-electron chi connectivity index (χ1n) is 10.6. The van der Waals surface area contributed by atoms with Crippen molar-refractivity contribution in [2.45, 2.75) is 51.2 Å². The highest BCUT2D eigenvalue weighted by atomic mass is 16.5. The van der Waals surface area contributed by atoms with Gasteiger partial charge in [-0.3, -0.25) is 4.90 Å². The highest BCUT2D eigenvalue weighted by Crippen LogP contribution is 2.51. The van der Waals surface area contributed by atoms with E-state index in [9.17, 15) is 0 Å². The molecule has 2 aromatic rings. The lowest BCUT2D eigenvalue weighted by molar-refractivity contribution is 0.214. The molecule has 3 aliphatic rings. The second-order valence-corrected chi connectivity index (χ2v) is 8.26. The Bertz CT molecular complexity index is 953. The first-order valence-corrected chi connectivity index (χ1v) is 10.6. The molecule has 1 aliphatic heterocycles. The van der Waals surface area contributed by atoms with E-state index < -0.39 is 0 Å². The SMILES string of the molecule is COc1cc2c(c(OC)c1OC)C1=C(CCC1)C(N1Cc3ccccc3C1)CC2. The van der Waals surface area contributed by atoms with E-state index in [0.717, 1.165) is 43.9 Å². The van der Waals surface area contributed by atoms with E-state index in [1.807, 2.05) is 0 Å². The fourth-order valence-electron chi connectivity index (χ4n) is 5.60. The van der Waals surface area contributed by atoms with Crippen LogP contribution in [0.3, 0.4) is 0 Å². The Morgan fingerprint density at radius 1 is 0.828 bits per heavy atom. The lowest BCUT2D eigenvalue weighted by Gasteiger charge is -2.29. The Labute approximate surface area is 173 Å². The van der Waals surface area contributed by atoms with Crippen LogP contribution in [0, 0.1) is 0 Å². The summed E-state index contributed by atoms with van der Waals surface area (Å²) in [6.07, 6.45) is 5.68. The van der Waals surface area contributed by atoms with Gasteiger partial charge in [-0.05, 0) is 66.0 Å². The first-order chi connectivity index (χ1) is 14.2. The molecule has 0 amide bonds. The molecule has 5 rings (SSSR count). The highest BCUT2D eigenvalue weighted by molar-refractivity contribution is 5.82. The van der Waals surface area contributed by atoms with Crippen molar-refractivity contribution < 1.29 is 14.2 Å². The fraction of sp³-hybridized carbons (Fsp3) is 0.440. The smallest absolute Gasteiger partial charge is 0.203 e. The zero-order valence-corrected chi connectivity index (χ0v) is 17.6. The van der Waals surface area contributed by atoms with E-state index in [1.165, 1.54) is 40.7 Å². The summed E-state index contributed by atoms with van der Waals surface area (Å²) in [7, 11) is 5.13. The number of ether oxygens (including phenoxy) is 3. The molecular weight excluding hydrogens is 362 g/mol. The van der Waals surface area contributed by atoms with Crippen molar-refractivity contribution in [3.63, 3.8) is 0 Å². The second-order valence-electron chi connectivity index (χ2n) is 8.26. The van der Waals surface area contributed by atoms with Crippen LogP contribution in [0.2, 0.25) is 0 Å². The molecule has 1 unspecified atom stereocenters. The van der Waals surface area contributed by atoms with Crippen molar-refractivity contribution in [1.29, 1.82) is 0 Å². The van der Waals surface area contributed by atoms with Gasteiger partial charge in [-0.15, -0.1) is 0 Å². The number of hydrogen-bond donors (Lipinski definition) is 0. The summed E-state index contributed by atoms with van der Waals surface area (Å²) in [4.78, 5) is 2.68. The maximum Gasteiger partial charge on any atom is 0.203 e. The summed E-state index contributed by atoms with van der Waals surface area (Å²) >= 11 is 0. The van der Waals surface area contributed by atoms with Gasteiger partial charge in [-0.25, -0.2) is 0 Å². The predicted molar refractivity (Wildman–Crippen MR) is 115 cm³/mol. The minimum atomic E-state index is 0.494. The molecule has 0 fully saturated rings. The molecule has 152 valence electrons. The van der Waals surface area contributed by atoms with Crippen molar-refractivity contribution in [3.8, 4) is 17.2 Å². The summed E-state index contributed by atoms with van der Waals surface area (Å²) in [6.45, 7) is 2.11. The molecule has 4 heteroatoms. The first kappa shape index (κ1) is 18.6. The van der Waals surface area contributed by atoms with Crippen molar-refractivity contribution in [1.82, 2.24) is 4.90 Å². The molecule has 4 nitrogen and oxygen atoms in total. The van der Waals surface area contributed by atoms with Crippen molar-refractivity contribution in [2.24, 2.45) is 0 Å². The average Bonchev–Trinajstić information content (AvgIpc) is 3.37. The third kappa shape index (κ3) is 2.93. The lowest BCUT2D eigenvalue weighted by Crippen LogP contribution is -2.32. The van der Waals surface area contributed by atoms with Crippen LogP contribution < -0.4 is 14.2 Å². The van der Waals surface area contributed by atoms with Crippen LogP contribution in [-0.4, -0.2) is 32.3 Å².